The maximum Gasteiger partial charge on any atom is 0.423 e. The topological polar surface area (TPSA) is 122 Å². The van der Waals surface area contributed by atoms with Gasteiger partial charge in [-0.15, -0.1) is 0 Å². The number of hydrogen-bond acceptors (Lipinski definition) is 6. The number of nitrogens with one attached hydrogen (secondary N) is 2. The average molecular weight is 411 g/mol. The van der Waals surface area contributed by atoms with Gasteiger partial charge in [0.15, 0.2) is 5.82 Å². The van der Waals surface area contributed by atoms with Crippen molar-refractivity contribution in [2.75, 3.05) is 18.5 Å². The van der Waals surface area contributed by atoms with Gasteiger partial charge in [0.1, 0.15) is 12.9 Å². The van der Waals surface area contributed by atoms with Crippen LogP contribution in [-0.2, 0) is 33.8 Å². The van der Waals surface area contributed by atoms with E-state index in [4.69, 9.17) is 9.15 Å². The van der Waals surface area contributed by atoms with E-state index in [1.54, 1.807) is 29.2 Å². The number of ether oxygens (including phenoxy) is 1. The standard InChI is InChI=1S/C20H21N5O5/c1-2-29-12-18(27)24-10-15-16(11-24)22-23-19(15)21-17(26)9-13-3-5-14(6-4-13)25-7-8-30-20(25)28/h3-8H,2,9-12H2,1H3,(H2,21,22,23,26). The molecular formula is C20H21N5O5. The number of nitrogens with zero attached hydrogens (tertiary/aromatic N) is 3. The molecule has 1 aliphatic heterocycles. The number of carbonyl (C=O) groups is 2. The van der Waals surface area contributed by atoms with Crippen molar-refractivity contribution in [1.29, 1.82) is 0 Å². The van der Waals surface area contributed by atoms with Gasteiger partial charge in [-0.2, -0.15) is 5.10 Å². The van der Waals surface area contributed by atoms with E-state index in [2.05, 4.69) is 15.5 Å². The molecule has 0 bridgehead atoms. The Hall–Kier alpha value is -3.66. The van der Waals surface area contributed by atoms with Crippen molar-refractivity contribution in [2.24, 2.45) is 0 Å². The minimum absolute atomic E-state index is 0.0385. The maximum absolute atomic E-state index is 12.5. The van der Waals surface area contributed by atoms with Gasteiger partial charge in [-0.05, 0) is 24.6 Å². The van der Waals surface area contributed by atoms with E-state index in [1.165, 1.54) is 17.0 Å². The third kappa shape index (κ3) is 4.03. The Morgan fingerprint density at radius 3 is 2.77 bits per heavy atom. The zero-order chi connectivity index (χ0) is 21.1. The molecule has 0 aliphatic carbocycles. The van der Waals surface area contributed by atoms with Crippen molar-refractivity contribution >= 4 is 17.6 Å². The number of anilines is 1. The second kappa shape index (κ2) is 8.37. The first kappa shape index (κ1) is 19.6. The number of fused-ring (bicyclic) bond motifs is 1. The van der Waals surface area contributed by atoms with Gasteiger partial charge in [-0.3, -0.25) is 14.7 Å². The summed E-state index contributed by atoms with van der Waals surface area (Å²) in [6, 6.07) is 7.04. The van der Waals surface area contributed by atoms with E-state index < -0.39 is 5.76 Å². The lowest BCUT2D eigenvalue weighted by atomic mass is 10.1. The summed E-state index contributed by atoms with van der Waals surface area (Å²) in [5.74, 6) is -0.364. The molecule has 3 aromatic rings. The van der Waals surface area contributed by atoms with Crippen molar-refractivity contribution in [3.8, 4) is 5.69 Å². The highest BCUT2D eigenvalue weighted by molar-refractivity contribution is 5.92. The van der Waals surface area contributed by atoms with E-state index >= 15 is 0 Å². The summed E-state index contributed by atoms with van der Waals surface area (Å²) in [5, 5.41) is 9.85. The van der Waals surface area contributed by atoms with Crippen LogP contribution in [0.25, 0.3) is 5.69 Å². The second-order valence-electron chi connectivity index (χ2n) is 6.85. The first-order chi connectivity index (χ1) is 14.5. The van der Waals surface area contributed by atoms with Gasteiger partial charge in [0.25, 0.3) is 0 Å². The van der Waals surface area contributed by atoms with Crippen LogP contribution in [0.1, 0.15) is 23.7 Å². The largest absolute Gasteiger partial charge is 0.423 e. The first-order valence-electron chi connectivity index (χ1n) is 9.52. The normalized spacial score (nSPS) is 12.8. The van der Waals surface area contributed by atoms with Gasteiger partial charge in [0, 0.05) is 12.2 Å². The van der Waals surface area contributed by atoms with Gasteiger partial charge in [0.05, 0.1) is 37.1 Å². The molecule has 10 nitrogen and oxygen atoms in total. The molecule has 2 aromatic heterocycles. The van der Waals surface area contributed by atoms with Crippen LogP contribution in [0.4, 0.5) is 5.82 Å². The smallest absolute Gasteiger partial charge is 0.416 e. The van der Waals surface area contributed by atoms with E-state index in [0.717, 1.165) is 16.8 Å². The third-order valence-corrected chi connectivity index (χ3v) is 4.85. The van der Waals surface area contributed by atoms with E-state index in [0.29, 0.717) is 31.2 Å². The summed E-state index contributed by atoms with van der Waals surface area (Å²) in [5.41, 5.74) is 3.06. The van der Waals surface area contributed by atoms with Crippen molar-refractivity contribution in [3.63, 3.8) is 0 Å². The Balaban J connectivity index is 1.37. The van der Waals surface area contributed by atoms with Crippen molar-refractivity contribution in [1.82, 2.24) is 19.7 Å². The van der Waals surface area contributed by atoms with Crippen LogP contribution in [-0.4, -0.2) is 44.7 Å². The predicted octanol–water partition coefficient (Wildman–Crippen LogP) is 1.21. The summed E-state index contributed by atoms with van der Waals surface area (Å²) in [4.78, 5) is 37.8. The molecule has 0 atom stereocenters. The molecular weight excluding hydrogens is 390 g/mol. The molecule has 0 saturated heterocycles. The third-order valence-electron chi connectivity index (χ3n) is 4.85. The van der Waals surface area contributed by atoms with Crippen LogP contribution in [0.5, 0.6) is 0 Å². The molecule has 0 saturated carbocycles. The van der Waals surface area contributed by atoms with Crippen molar-refractivity contribution < 1.29 is 18.7 Å². The SMILES string of the molecule is CCOCC(=O)N1Cc2[nH]nc(NC(=O)Cc3ccc(-n4ccoc4=O)cc3)c2C1. The molecule has 4 rings (SSSR count). The molecule has 2 N–H and O–H groups in total. The molecule has 10 heteroatoms. The van der Waals surface area contributed by atoms with Crippen LogP contribution >= 0.6 is 0 Å². The van der Waals surface area contributed by atoms with Crippen LogP contribution in [0.15, 0.2) is 45.9 Å². The molecule has 0 spiro atoms. The molecule has 3 heterocycles. The Labute approximate surface area is 171 Å². The number of oxazole rings is 1. The van der Waals surface area contributed by atoms with Crippen LogP contribution in [0, 0.1) is 0 Å². The van der Waals surface area contributed by atoms with Gasteiger partial charge < -0.3 is 19.4 Å². The number of carbonyl (C=O) groups excluding carboxylic acids is 2. The highest BCUT2D eigenvalue weighted by Gasteiger charge is 2.28. The number of hydrogen-bond donors (Lipinski definition) is 2. The molecule has 1 aliphatic rings. The highest BCUT2D eigenvalue weighted by Crippen LogP contribution is 2.27. The summed E-state index contributed by atoms with van der Waals surface area (Å²) in [6.45, 7) is 3.15. The monoisotopic (exact) mass is 411 g/mol. The van der Waals surface area contributed by atoms with Crippen molar-refractivity contribution in [2.45, 2.75) is 26.4 Å². The van der Waals surface area contributed by atoms with Gasteiger partial charge >= 0.3 is 5.76 Å². The van der Waals surface area contributed by atoms with E-state index in [1.807, 2.05) is 6.92 Å². The molecule has 0 fully saturated rings. The first-order valence-corrected chi connectivity index (χ1v) is 9.52. The molecule has 156 valence electrons. The summed E-state index contributed by atoms with van der Waals surface area (Å²) < 4.78 is 11.3. The summed E-state index contributed by atoms with van der Waals surface area (Å²) in [7, 11) is 0. The number of aromatic amines is 1. The van der Waals surface area contributed by atoms with Crippen LogP contribution in [0.3, 0.4) is 0 Å². The minimum Gasteiger partial charge on any atom is -0.416 e. The fourth-order valence-electron chi connectivity index (χ4n) is 3.30. The average Bonchev–Trinajstić information content (AvgIpc) is 3.44. The fourth-order valence-corrected chi connectivity index (χ4v) is 3.30. The second-order valence-corrected chi connectivity index (χ2v) is 6.85. The Bertz CT molecular complexity index is 1110. The number of rotatable bonds is 7. The van der Waals surface area contributed by atoms with Gasteiger partial charge in [-0.1, -0.05) is 12.1 Å². The Morgan fingerprint density at radius 1 is 1.27 bits per heavy atom. The molecule has 2 amide bonds. The summed E-state index contributed by atoms with van der Waals surface area (Å²) >= 11 is 0. The maximum atomic E-state index is 12.5. The zero-order valence-corrected chi connectivity index (χ0v) is 16.4. The van der Waals surface area contributed by atoms with E-state index in [9.17, 15) is 14.4 Å². The van der Waals surface area contributed by atoms with Gasteiger partial charge in [0.2, 0.25) is 11.8 Å². The molecule has 0 radical (unpaired) electrons. The molecule has 0 unspecified atom stereocenters. The number of aromatic nitrogens is 3. The number of H-pyrrole nitrogens is 1. The lowest BCUT2D eigenvalue weighted by Gasteiger charge is -2.15. The summed E-state index contributed by atoms with van der Waals surface area (Å²) in [6.07, 6.45) is 3.00. The highest BCUT2D eigenvalue weighted by atomic mass is 16.5. The van der Waals surface area contributed by atoms with Gasteiger partial charge in [-0.25, -0.2) is 9.36 Å². The quantitative estimate of drug-likeness (QED) is 0.603. The number of benzene rings is 1. The lowest BCUT2D eigenvalue weighted by Crippen LogP contribution is -2.29. The minimum atomic E-state index is -0.471. The molecule has 1 aromatic carbocycles. The Morgan fingerprint density at radius 2 is 2.07 bits per heavy atom. The lowest BCUT2D eigenvalue weighted by molar-refractivity contribution is -0.136. The van der Waals surface area contributed by atoms with Crippen LogP contribution in [0.2, 0.25) is 0 Å². The predicted molar refractivity (Wildman–Crippen MR) is 106 cm³/mol. The van der Waals surface area contributed by atoms with Crippen LogP contribution < -0.4 is 11.1 Å². The van der Waals surface area contributed by atoms with Crippen molar-refractivity contribution in [3.05, 3.63) is 64.1 Å². The Kier molecular flexibility index (Phi) is 5.48. The zero-order valence-electron chi connectivity index (χ0n) is 16.4. The molecule has 30 heavy (non-hydrogen) atoms. The van der Waals surface area contributed by atoms with E-state index in [-0.39, 0.29) is 24.8 Å². The number of amides is 2. The fraction of sp³-hybridized carbons (Fsp3) is 0.300.